The number of para-hydroxylation sites is 1. The van der Waals surface area contributed by atoms with Crippen LogP contribution in [0.3, 0.4) is 0 Å². The summed E-state index contributed by atoms with van der Waals surface area (Å²) in [4.78, 5) is 6.70. The van der Waals surface area contributed by atoms with Crippen LogP contribution in [0.5, 0.6) is 17.4 Å². The lowest BCUT2D eigenvalue weighted by Crippen LogP contribution is -2.33. The SMILES string of the molecule is CN(C)CC(C)(C)COc1[c]cc(-c2cccnc2Oc2ccccc2C(C)(C)C)cc1. The molecule has 32 heavy (non-hydrogen) atoms. The maximum Gasteiger partial charge on any atom is 0.227 e. The van der Waals surface area contributed by atoms with Gasteiger partial charge >= 0.3 is 0 Å². The van der Waals surface area contributed by atoms with Crippen molar-refractivity contribution in [3.63, 3.8) is 0 Å². The largest absolute Gasteiger partial charge is 0.492 e. The molecule has 0 N–H and O–H groups in total. The van der Waals surface area contributed by atoms with Gasteiger partial charge in [0, 0.05) is 35.3 Å². The molecule has 0 bridgehead atoms. The minimum atomic E-state index is -0.0291. The molecule has 0 aliphatic carbocycles. The van der Waals surface area contributed by atoms with E-state index in [2.05, 4.69) is 70.7 Å². The standard InChI is InChI=1S/C28H35N2O2/c1-27(2,3)24-12-8-9-13-25(24)32-26-23(11-10-18-29-26)21-14-16-22(17-15-21)31-20-28(4,5)19-30(6)7/h8-16,18H,19-20H2,1-7H3. The fourth-order valence-corrected chi connectivity index (χ4v) is 3.81. The molecule has 0 spiro atoms. The van der Waals surface area contributed by atoms with Gasteiger partial charge in [-0.15, -0.1) is 0 Å². The Balaban J connectivity index is 1.80. The molecule has 1 radical (unpaired) electrons. The lowest BCUT2D eigenvalue weighted by Gasteiger charge is -2.28. The maximum absolute atomic E-state index is 6.32. The molecule has 4 heteroatoms. The summed E-state index contributed by atoms with van der Waals surface area (Å²) in [6.45, 7) is 12.5. The Kier molecular flexibility index (Phi) is 7.25. The first-order valence-corrected chi connectivity index (χ1v) is 11.1. The van der Waals surface area contributed by atoms with E-state index in [-0.39, 0.29) is 10.8 Å². The Bertz CT molecular complexity index is 1020. The third-order valence-corrected chi connectivity index (χ3v) is 5.13. The smallest absolute Gasteiger partial charge is 0.227 e. The van der Waals surface area contributed by atoms with Crippen molar-refractivity contribution in [2.24, 2.45) is 5.41 Å². The Hall–Kier alpha value is -2.85. The van der Waals surface area contributed by atoms with Crippen molar-refractivity contribution in [1.82, 2.24) is 9.88 Å². The highest BCUT2D eigenvalue weighted by Crippen LogP contribution is 2.37. The Morgan fingerprint density at radius 3 is 2.34 bits per heavy atom. The Labute approximate surface area is 193 Å². The van der Waals surface area contributed by atoms with Gasteiger partial charge in [0.2, 0.25) is 5.88 Å². The number of rotatable bonds is 8. The van der Waals surface area contributed by atoms with Gasteiger partial charge in [-0.1, -0.05) is 58.9 Å². The quantitative estimate of drug-likeness (QED) is 0.402. The second-order valence-electron chi connectivity index (χ2n) is 10.3. The van der Waals surface area contributed by atoms with E-state index < -0.39 is 0 Å². The molecule has 1 heterocycles. The van der Waals surface area contributed by atoms with Gasteiger partial charge in [-0.3, -0.25) is 0 Å². The van der Waals surface area contributed by atoms with Gasteiger partial charge in [0.05, 0.1) is 6.61 Å². The molecule has 3 rings (SSSR count). The fraction of sp³-hybridized carbons (Fsp3) is 0.393. The molecular weight excluding hydrogens is 396 g/mol. The van der Waals surface area contributed by atoms with Crippen LogP contribution in [0.2, 0.25) is 0 Å². The van der Waals surface area contributed by atoms with Gasteiger partial charge in [-0.05, 0) is 55.4 Å². The lowest BCUT2D eigenvalue weighted by atomic mass is 9.86. The number of pyridine rings is 1. The van der Waals surface area contributed by atoms with E-state index in [0.717, 1.165) is 34.7 Å². The van der Waals surface area contributed by atoms with Crippen molar-refractivity contribution in [1.29, 1.82) is 0 Å². The summed E-state index contributed by atoms with van der Waals surface area (Å²) in [7, 11) is 4.16. The summed E-state index contributed by atoms with van der Waals surface area (Å²) in [5.41, 5.74) is 3.08. The summed E-state index contributed by atoms with van der Waals surface area (Å²) in [5.74, 6) is 2.15. The minimum absolute atomic E-state index is 0.0291. The molecule has 0 aliphatic rings. The second-order valence-corrected chi connectivity index (χ2v) is 10.3. The van der Waals surface area contributed by atoms with Crippen molar-refractivity contribution in [2.75, 3.05) is 27.2 Å². The zero-order chi connectivity index (χ0) is 23.4. The topological polar surface area (TPSA) is 34.6 Å². The molecule has 0 fully saturated rings. The average Bonchev–Trinajstić information content (AvgIpc) is 2.72. The zero-order valence-electron chi connectivity index (χ0n) is 20.4. The zero-order valence-corrected chi connectivity index (χ0v) is 20.4. The maximum atomic E-state index is 6.32. The van der Waals surface area contributed by atoms with Crippen LogP contribution in [-0.2, 0) is 5.41 Å². The van der Waals surface area contributed by atoms with Gasteiger partial charge in [-0.2, -0.15) is 0 Å². The highest BCUT2D eigenvalue weighted by Gasteiger charge is 2.21. The molecule has 0 unspecified atom stereocenters. The van der Waals surface area contributed by atoms with E-state index in [4.69, 9.17) is 9.47 Å². The third-order valence-electron chi connectivity index (χ3n) is 5.13. The van der Waals surface area contributed by atoms with E-state index in [1.165, 1.54) is 0 Å². The van der Waals surface area contributed by atoms with E-state index in [1.807, 2.05) is 48.5 Å². The average molecular weight is 432 g/mol. The van der Waals surface area contributed by atoms with Crippen molar-refractivity contribution in [3.8, 4) is 28.5 Å². The summed E-state index contributed by atoms with van der Waals surface area (Å²) in [5, 5.41) is 0. The van der Waals surface area contributed by atoms with E-state index in [1.54, 1.807) is 6.20 Å². The van der Waals surface area contributed by atoms with E-state index in [0.29, 0.717) is 12.5 Å². The normalized spacial score (nSPS) is 12.1. The highest BCUT2D eigenvalue weighted by molar-refractivity contribution is 5.69. The minimum Gasteiger partial charge on any atom is -0.492 e. The summed E-state index contributed by atoms with van der Waals surface area (Å²) >= 11 is 0. The molecule has 0 atom stereocenters. The molecule has 1 aromatic heterocycles. The summed E-state index contributed by atoms with van der Waals surface area (Å²) in [6.07, 6.45) is 1.76. The fourth-order valence-electron chi connectivity index (χ4n) is 3.81. The van der Waals surface area contributed by atoms with Crippen LogP contribution in [0, 0.1) is 11.5 Å². The molecule has 0 amide bonds. The summed E-state index contributed by atoms with van der Waals surface area (Å²) < 4.78 is 12.3. The van der Waals surface area contributed by atoms with Crippen LogP contribution in [0.1, 0.15) is 40.2 Å². The molecule has 169 valence electrons. The first-order chi connectivity index (χ1) is 15.0. The van der Waals surface area contributed by atoms with Gasteiger partial charge < -0.3 is 14.4 Å². The molecule has 0 aliphatic heterocycles. The van der Waals surface area contributed by atoms with Crippen molar-refractivity contribution >= 4 is 0 Å². The van der Waals surface area contributed by atoms with Gasteiger partial charge in [0.15, 0.2) is 0 Å². The van der Waals surface area contributed by atoms with Crippen LogP contribution >= 0.6 is 0 Å². The third kappa shape index (κ3) is 6.33. The molecule has 3 aromatic rings. The summed E-state index contributed by atoms with van der Waals surface area (Å²) in [6, 6.07) is 21.3. The Morgan fingerprint density at radius 2 is 1.69 bits per heavy atom. The van der Waals surface area contributed by atoms with E-state index in [9.17, 15) is 0 Å². The monoisotopic (exact) mass is 431 g/mol. The molecule has 0 saturated heterocycles. The highest BCUT2D eigenvalue weighted by atomic mass is 16.5. The predicted molar refractivity (Wildman–Crippen MR) is 132 cm³/mol. The van der Waals surface area contributed by atoms with Crippen LogP contribution < -0.4 is 9.47 Å². The van der Waals surface area contributed by atoms with Crippen LogP contribution in [0.25, 0.3) is 11.1 Å². The molecule has 4 nitrogen and oxygen atoms in total. The molecule has 0 saturated carbocycles. The number of hydrogen-bond donors (Lipinski definition) is 0. The predicted octanol–water partition coefficient (Wildman–Crippen LogP) is 6.61. The number of aromatic nitrogens is 1. The molecular formula is C28H35N2O2. The van der Waals surface area contributed by atoms with Crippen LogP contribution in [0.15, 0.2) is 60.8 Å². The Morgan fingerprint density at radius 1 is 0.938 bits per heavy atom. The lowest BCUT2D eigenvalue weighted by molar-refractivity contribution is 0.141. The first kappa shape index (κ1) is 23.8. The van der Waals surface area contributed by atoms with Crippen molar-refractivity contribution in [3.05, 3.63) is 72.4 Å². The number of ether oxygens (including phenoxy) is 2. The van der Waals surface area contributed by atoms with Crippen molar-refractivity contribution in [2.45, 2.75) is 40.0 Å². The van der Waals surface area contributed by atoms with Gasteiger partial charge in [-0.25, -0.2) is 4.98 Å². The first-order valence-electron chi connectivity index (χ1n) is 11.1. The number of benzene rings is 2. The van der Waals surface area contributed by atoms with Gasteiger partial charge in [0.1, 0.15) is 11.5 Å². The number of hydrogen-bond acceptors (Lipinski definition) is 4. The van der Waals surface area contributed by atoms with E-state index >= 15 is 0 Å². The van der Waals surface area contributed by atoms with Crippen molar-refractivity contribution < 1.29 is 9.47 Å². The van der Waals surface area contributed by atoms with Gasteiger partial charge in [0.25, 0.3) is 0 Å². The van der Waals surface area contributed by atoms with Crippen LogP contribution in [0.4, 0.5) is 0 Å². The second kappa shape index (κ2) is 9.74. The van der Waals surface area contributed by atoms with Crippen LogP contribution in [-0.4, -0.2) is 37.1 Å². The molecule has 2 aromatic carbocycles. The number of nitrogens with zero attached hydrogens (tertiary/aromatic N) is 2.